The van der Waals surface area contributed by atoms with Crippen LogP contribution < -0.4 is 0 Å². The lowest BCUT2D eigenvalue weighted by molar-refractivity contribution is -0.463. The van der Waals surface area contributed by atoms with Gasteiger partial charge in [0.25, 0.3) is 6.17 Å². The normalized spacial score (nSPS) is 16.9. The molecule has 0 amide bonds. The minimum atomic E-state index is -9.25. The highest BCUT2D eigenvalue weighted by atomic mass is 19.4. The highest BCUT2D eigenvalue weighted by Gasteiger charge is 2.96. The minimum absolute atomic E-state index is 6.00. The van der Waals surface area contributed by atoms with Crippen molar-refractivity contribution in [1.82, 2.24) is 0 Å². The standard InChI is InChI=1S/C11F23/c12-1(3(15,16)10(29,30)31)2(13,14)4(17,18)5(19,20)6(21,22)7(23,24)8(25,26)9(27,28)11(32,33)34. The predicted octanol–water partition coefficient (Wildman–Crippen LogP) is 7.69. The van der Waals surface area contributed by atoms with Crippen molar-refractivity contribution < 1.29 is 101 Å². The van der Waals surface area contributed by atoms with E-state index in [0.29, 0.717) is 0 Å². The van der Waals surface area contributed by atoms with E-state index in [1.807, 2.05) is 0 Å². The first-order chi connectivity index (χ1) is 14.2. The van der Waals surface area contributed by atoms with E-state index in [1.165, 1.54) is 0 Å². The van der Waals surface area contributed by atoms with Crippen LogP contribution in [0.2, 0.25) is 0 Å². The quantitative estimate of drug-likeness (QED) is 0.263. The molecule has 205 valence electrons. The van der Waals surface area contributed by atoms with Gasteiger partial charge < -0.3 is 0 Å². The van der Waals surface area contributed by atoms with Gasteiger partial charge in [-0.3, -0.25) is 0 Å². The van der Waals surface area contributed by atoms with Crippen molar-refractivity contribution >= 4 is 0 Å². The summed E-state index contributed by atoms with van der Waals surface area (Å²) in [6.45, 7) is 0. The molecule has 1 radical (unpaired) electrons. The fourth-order valence-corrected chi connectivity index (χ4v) is 1.62. The van der Waals surface area contributed by atoms with Gasteiger partial charge >= 0.3 is 59.7 Å². The molecule has 0 aliphatic heterocycles. The van der Waals surface area contributed by atoms with Gasteiger partial charge in [0.05, 0.1) is 0 Å². The minimum Gasteiger partial charge on any atom is -0.226 e. The van der Waals surface area contributed by atoms with Crippen LogP contribution in [0.3, 0.4) is 0 Å². The molecular weight excluding hydrogens is 569 g/mol. The van der Waals surface area contributed by atoms with Crippen molar-refractivity contribution in [3.8, 4) is 0 Å². The topological polar surface area (TPSA) is 0 Å². The molecule has 0 nitrogen and oxygen atoms in total. The molecule has 0 aliphatic rings. The average Bonchev–Trinajstić information content (AvgIpc) is 2.57. The zero-order valence-corrected chi connectivity index (χ0v) is 14.2. The second-order valence-electron chi connectivity index (χ2n) is 5.90. The van der Waals surface area contributed by atoms with E-state index in [2.05, 4.69) is 0 Å². The number of halogens is 23. The summed E-state index contributed by atoms with van der Waals surface area (Å²) in [4.78, 5) is 0. The second-order valence-corrected chi connectivity index (χ2v) is 5.90. The summed E-state index contributed by atoms with van der Waals surface area (Å²) >= 11 is 0. The Balaban J connectivity index is 6.96. The molecule has 0 fully saturated rings. The van der Waals surface area contributed by atoms with Crippen molar-refractivity contribution in [3.05, 3.63) is 6.17 Å². The first-order valence-corrected chi connectivity index (χ1v) is 6.85. The Hall–Kier alpha value is -1.61. The summed E-state index contributed by atoms with van der Waals surface area (Å²) in [7, 11) is 0. The molecule has 0 saturated heterocycles. The number of hydrogen-bond donors (Lipinski definition) is 0. The Kier molecular flexibility index (Phi) is 7.33. The Labute approximate surface area is 168 Å². The smallest absolute Gasteiger partial charge is 0.226 e. The monoisotopic (exact) mass is 569 g/mol. The third-order valence-corrected chi connectivity index (χ3v) is 3.63. The van der Waals surface area contributed by atoms with Gasteiger partial charge in [-0.1, -0.05) is 0 Å². The van der Waals surface area contributed by atoms with Crippen molar-refractivity contribution in [2.45, 2.75) is 59.7 Å². The van der Waals surface area contributed by atoms with Gasteiger partial charge in [-0.2, -0.15) is 96.6 Å². The molecule has 0 aliphatic carbocycles. The lowest BCUT2D eigenvalue weighted by Gasteiger charge is -2.43. The van der Waals surface area contributed by atoms with E-state index in [0.717, 1.165) is 0 Å². The molecule has 0 bridgehead atoms. The van der Waals surface area contributed by atoms with Crippen LogP contribution in [0.4, 0.5) is 101 Å². The van der Waals surface area contributed by atoms with Gasteiger partial charge in [0, 0.05) is 0 Å². The van der Waals surface area contributed by atoms with Crippen LogP contribution in [0.15, 0.2) is 0 Å². The fraction of sp³-hybridized carbons (Fsp3) is 0.909. The van der Waals surface area contributed by atoms with E-state index < -0.39 is 65.9 Å². The zero-order chi connectivity index (χ0) is 28.6. The van der Waals surface area contributed by atoms with Crippen LogP contribution in [0.1, 0.15) is 0 Å². The first-order valence-electron chi connectivity index (χ1n) is 6.85. The van der Waals surface area contributed by atoms with E-state index in [4.69, 9.17) is 0 Å². The fourth-order valence-electron chi connectivity index (χ4n) is 1.62. The molecule has 0 atom stereocenters. The second kappa shape index (κ2) is 7.69. The summed E-state index contributed by atoms with van der Waals surface area (Å²) in [5.74, 6) is -70.7. The van der Waals surface area contributed by atoms with Crippen molar-refractivity contribution in [2.24, 2.45) is 0 Å². The van der Waals surface area contributed by atoms with E-state index in [9.17, 15) is 101 Å². The molecule has 0 heterocycles. The van der Waals surface area contributed by atoms with Crippen LogP contribution in [0, 0.1) is 6.17 Å². The predicted molar refractivity (Wildman–Crippen MR) is 56.0 cm³/mol. The molecule has 0 aromatic rings. The molecular formula is C11F23. The van der Waals surface area contributed by atoms with Crippen molar-refractivity contribution in [2.75, 3.05) is 0 Å². The van der Waals surface area contributed by atoms with Crippen LogP contribution >= 0.6 is 0 Å². The largest absolute Gasteiger partial charge is 0.460 e. The van der Waals surface area contributed by atoms with Crippen LogP contribution in [0.5, 0.6) is 0 Å². The number of hydrogen-bond acceptors (Lipinski definition) is 0. The van der Waals surface area contributed by atoms with Crippen LogP contribution in [-0.4, -0.2) is 59.7 Å². The molecule has 0 aromatic carbocycles. The highest BCUT2D eigenvalue weighted by molar-refractivity contribution is 5.21. The molecule has 0 aromatic heterocycles. The molecule has 0 saturated carbocycles. The van der Waals surface area contributed by atoms with Gasteiger partial charge in [-0.15, -0.1) is 0 Å². The maximum atomic E-state index is 13.2. The summed E-state index contributed by atoms with van der Waals surface area (Å²) < 4.78 is 291. The van der Waals surface area contributed by atoms with Gasteiger partial charge in [0.1, 0.15) is 0 Å². The Morgan fingerprint density at radius 3 is 0.735 bits per heavy atom. The summed E-state index contributed by atoms with van der Waals surface area (Å²) in [6.07, 6.45) is -21.8. The van der Waals surface area contributed by atoms with E-state index in [1.54, 1.807) is 0 Å². The summed E-state index contributed by atoms with van der Waals surface area (Å²) in [6, 6.07) is 0. The first kappa shape index (κ1) is 32.4. The van der Waals surface area contributed by atoms with Crippen LogP contribution in [-0.2, 0) is 0 Å². The SMILES string of the molecule is F[C](C(F)(F)C(F)(F)F)C(F)(F)C(F)(F)C(F)(F)C(F)(F)C(F)(F)C(F)(F)C(F)(F)C(F)(F)F. The lowest BCUT2D eigenvalue weighted by atomic mass is 9.87. The van der Waals surface area contributed by atoms with Crippen molar-refractivity contribution in [3.63, 3.8) is 0 Å². The molecule has 23 heteroatoms. The molecule has 0 unspecified atom stereocenters. The molecule has 34 heavy (non-hydrogen) atoms. The van der Waals surface area contributed by atoms with Gasteiger partial charge in [-0.25, -0.2) is 4.39 Å². The lowest BCUT2D eigenvalue weighted by Crippen LogP contribution is -2.75. The van der Waals surface area contributed by atoms with Gasteiger partial charge in [0.15, 0.2) is 0 Å². The number of rotatable bonds is 8. The maximum Gasteiger partial charge on any atom is 0.460 e. The van der Waals surface area contributed by atoms with Crippen LogP contribution in [0.25, 0.3) is 0 Å². The number of alkyl halides is 22. The third kappa shape index (κ3) is 3.87. The van der Waals surface area contributed by atoms with Gasteiger partial charge in [0.2, 0.25) is 0 Å². The Morgan fingerprint density at radius 1 is 0.265 bits per heavy atom. The summed E-state index contributed by atoms with van der Waals surface area (Å²) in [5, 5.41) is 0. The average molecular weight is 569 g/mol. The Morgan fingerprint density at radius 2 is 0.500 bits per heavy atom. The molecule has 0 spiro atoms. The zero-order valence-electron chi connectivity index (χ0n) is 14.2. The molecule has 0 N–H and O–H groups in total. The highest BCUT2D eigenvalue weighted by Crippen LogP contribution is 2.66. The molecule has 0 rings (SSSR count). The maximum absolute atomic E-state index is 13.2. The Bertz CT molecular complexity index is 733. The van der Waals surface area contributed by atoms with Crippen molar-refractivity contribution in [1.29, 1.82) is 0 Å². The third-order valence-electron chi connectivity index (χ3n) is 3.63. The van der Waals surface area contributed by atoms with Gasteiger partial charge in [-0.05, 0) is 0 Å². The van der Waals surface area contributed by atoms with E-state index >= 15 is 0 Å². The van der Waals surface area contributed by atoms with E-state index in [-0.39, 0.29) is 0 Å². The summed E-state index contributed by atoms with van der Waals surface area (Å²) in [5.41, 5.74) is 0.